The lowest BCUT2D eigenvalue weighted by Gasteiger charge is -2.37. The standard InChI is InChI=1S/C46H69NO4/c1-10-12-14-16-18-22-30-50-42-28-26-37(44(4,5)6)32-39(42)46(49,35(3)47-34-36-24-20-21-25-41(36)48)40-33-38(45(7,8)9)27-29-43(40)51-31-23-19-17-15-13-11-2/h20-21,24-29,32-35,48-49H,10-19,22-23,30-31H2,1-9H3. The molecule has 5 nitrogen and oxygen atoms in total. The lowest BCUT2D eigenvalue weighted by Crippen LogP contribution is -2.39. The van der Waals surface area contributed by atoms with E-state index in [4.69, 9.17) is 14.5 Å². The molecule has 0 bridgehead atoms. The number of nitrogens with zero attached hydrogens (tertiary/aromatic N) is 1. The van der Waals surface area contributed by atoms with Crippen molar-refractivity contribution in [3.8, 4) is 17.2 Å². The van der Waals surface area contributed by atoms with Crippen LogP contribution in [0.3, 0.4) is 0 Å². The molecule has 0 aliphatic heterocycles. The molecular weight excluding hydrogens is 631 g/mol. The summed E-state index contributed by atoms with van der Waals surface area (Å²) in [5, 5.41) is 24.2. The molecule has 0 fully saturated rings. The van der Waals surface area contributed by atoms with Crippen molar-refractivity contribution in [3.63, 3.8) is 0 Å². The summed E-state index contributed by atoms with van der Waals surface area (Å²) in [5.74, 6) is 1.46. The Morgan fingerprint density at radius 1 is 0.627 bits per heavy atom. The molecule has 0 aliphatic rings. The molecule has 2 N–H and O–H groups in total. The first kappa shape index (κ1) is 42.1. The Labute approximate surface area is 310 Å². The third-order valence-electron chi connectivity index (χ3n) is 10.0. The number of phenols is 1. The third kappa shape index (κ3) is 12.4. The van der Waals surface area contributed by atoms with Crippen LogP contribution >= 0.6 is 0 Å². The molecule has 3 rings (SSSR count). The van der Waals surface area contributed by atoms with Gasteiger partial charge in [0.1, 0.15) is 22.8 Å². The largest absolute Gasteiger partial charge is 0.507 e. The highest BCUT2D eigenvalue weighted by molar-refractivity contribution is 5.83. The van der Waals surface area contributed by atoms with Gasteiger partial charge < -0.3 is 19.7 Å². The fourth-order valence-electron chi connectivity index (χ4n) is 6.46. The number of rotatable bonds is 21. The molecule has 0 amide bonds. The predicted molar refractivity (Wildman–Crippen MR) is 216 cm³/mol. The Morgan fingerprint density at radius 3 is 1.49 bits per heavy atom. The van der Waals surface area contributed by atoms with E-state index in [1.54, 1.807) is 18.3 Å². The number of aliphatic imine (C=N–C) groups is 1. The summed E-state index contributed by atoms with van der Waals surface area (Å²) in [6.45, 7) is 20.7. The summed E-state index contributed by atoms with van der Waals surface area (Å²) < 4.78 is 13.2. The summed E-state index contributed by atoms with van der Waals surface area (Å²) in [5.41, 5.74) is 2.19. The van der Waals surface area contributed by atoms with Crippen LogP contribution < -0.4 is 9.47 Å². The van der Waals surface area contributed by atoms with Crippen LogP contribution in [0, 0.1) is 0 Å². The molecule has 0 spiro atoms. The molecule has 51 heavy (non-hydrogen) atoms. The SMILES string of the molecule is CCCCCCCCOc1ccc(C(C)(C)C)cc1C(O)(c1cc(C(C)(C)C)ccc1OCCCCCCCC)C(C)N=Cc1ccccc1O. The number of phenolic OH excluding ortho intramolecular Hbond substituents is 1. The van der Waals surface area contributed by atoms with Crippen LogP contribution in [0.2, 0.25) is 0 Å². The van der Waals surface area contributed by atoms with E-state index in [-0.39, 0.29) is 16.6 Å². The first-order valence-corrected chi connectivity index (χ1v) is 19.8. The van der Waals surface area contributed by atoms with Gasteiger partial charge in [0.25, 0.3) is 0 Å². The maximum absolute atomic E-state index is 13.6. The minimum absolute atomic E-state index is 0.146. The second-order valence-corrected chi connectivity index (χ2v) is 16.4. The second-order valence-electron chi connectivity index (χ2n) is 16.4. The van der Waals surface area contributed by atoms with E-state index in [1.165, 1.54) is 51.4 Å². The minimum Gasteiger partial charge on any atom is -0.507 e. The molecule has 1 unspecified atom stereocenters. The van der Waals surface area contributed by atoms with E-state index < -0.39 is 11.6 Å². The molecule has 0 saturated heterocycles. The highest BCUT2D eigenvalue weighted by Crippen LogP contribution is 2.46. The van der Waals surface area contributed by atoms with Crippen LogP contribution in [-0.2, 0) is 16.4 Å². The summed E-state index contributed by atoms with van der Waals surface area (Å²) >= 11 is 0. The highest BCUT2D eigenvalue weighted by atomic mass is 16.5. The predicted octanol–water partition coefficient (Wildman–Crippen LogP) is 12.2. The Balaban J connectivity index is 2.20. The number of hydrogen-bond donors (Lipinski definition) is 2. The number of aliphatic hydroxyl groups is 1. The van der Waals surface area contributed by atoms with Gasteiger partial charge in [0.05, 0.1) is 19.3 Å². The molecule has 0 heterocycles. The average Bonchev–Trinajstić information content (AvgIpc) is 3.09. The number of para-hydroxylation sites is 1. The number of unbranched alkanes of at least 4 members (excludes halogenated alkanes) is 10. The van der Waals surface area contributed by atoms with Gasteiger partial charge in [0, 0.05) is 22.9 Å². The van der Waals surface area contributed by atoms with Gasteiger partial charge in [-0.05, 0) is 78.1 Å². The number of ether oxygens (including phenoxy) is 2. The van der Waals surface area contributed by atoms with Gasteiger partial charge in [-0.2, -0.15) is 0 Å². The second kappa shape index (κ2) is 20.1. The van der Waals surface area contributed by atoms with Crippen LogP contribution in [-0.4, -0.2) is 35.7 Å². The zero-order valence-electron chi connectivity index (χ0n) is 33.5. The van der Waals surface area contributed by atoms with E-state index in [2.05, 4.69) is 79.7 Å². The molecule has 0 saturated carbocycles. The first-order valence-electron chi connectivity index (χ1n) is 19.8. The molecule has 5 heteroatoms. The van der Waals surface area contributed by atoms with Crippen molar-refractivity contribution >= 4 is 6.21 Å². The summed E-state index contributed by atoms with van der Waals surface area (Å²) in [7, 11) is 0. The molecule has 1 atom stereocenters. The number of benzene rings is 3. The summed E-state index contributed by atoms with van der Waals surface area (Å²) in [4.78, 5) is 4.98. The normalized spacial score (nSPS) is 13.1. The van der Waals surface area contributed by atoms with Gasteiger partial charge >= 0.3 is 0 Å². The number of hydrogen-bond acceptors (Lipinski definition) is 5. The summed E-state index contributed by atoms with van der Waals surface area (Å²) in [6, 6.07) is 19.0. The number of aromatic hydroxyl groups is 1. The van der Waals surface area contributed by atoms with Gasteiger partial charge in [0.15, 0.2) is 0 Å². The van der Waals surface area contributed by atoms with Crippen LogP contribution in [0.5, 0.6) is 17.2 Å². The monoisotopic (exact) mass is 700 g/mol. The van der Waals surface area contributed by atoms with Crippen molar-refractivity contribution in [2.24, 2.45) is 4.99 Å². The van der Waals surface area contributed by atoms with Gasteiger partial charge in [-0.25, -0.2) is 0 Å². The van der Waals surface area contributed by atoms with Crippen molar-refractivity contribution in [2.45, 2.75) is 162 Å². The Morgan fingerprint density at radius 2 is 1.06 bits per heavy atom. The van der Waals surface area contributed by atoms with Gasteiger partial charge in [-0.15, -0.1) is 0 Å². The third-order valence-corrected chi connectivity index (χ3v) is 10.0. The zero-order valence-corrected chi connectivity index (χ0v) is 33.5. The molecule has 0 aromatic heterocycles. The van der Waals surface area contributed by atoms with Crippen LogP contribution in [0.1, 0.15) is 167 Å². The van der Waals surface area contributed by atoms with E-state index in [1.807, 2.05) is 31.2 Å². The smallest absolute Gasteiger partial charge is 0.144 e. The first-order chi connectivity index (χ1) is 24.2. The molecule has 3 aromatic carbocycles. The molecular formula is C46H69NO4. The maximum atomic E-state index is 13.6. The lowest BCUT2D eigenvalue weighted by atomic mass is 9.75. The Kier molecular flexibility index (Phi) is 16.6. The van der Waals surface area contributed by atoms with Crippen LogP contribution in [0.25, 0.3) is 0 Å². The van der Waals surface area contributed by atoms with Crippen LogP contribution in [0.15, 0.2) is 65.7 Å². The molecule has 0 aliphatic carbocycles. The fourth-order valence-corrected chi connectivity index (χ4v) is 6.46. The topological polar surface area (TPSA) is 71.3 Å². The highest BCUT2D eigenvalue weighted by Gasteiger charge is 2.43. The quantitative estimate of drug-likeness (QED) is 0.0857. The maximum Gasteiger partial charge on any atom is 0.144 e. The van der Waals surface area contributed by atoms with Crippen molar-refractivity contribution in [2.75, 3.05) is 13.2 Å². The minimum atomic E-state index is -1.63. The zero-order chi connectivity index (χ0) is 37.5. The molecule has 3 aromatic rings. The molecule has 282 valence electrons. The van der Waals surface area contributed by atoms with Crippen LogP contribution in [0.4, 0.5) is 0 Å². The molecule has 0 radical (unpaired) electrons. The Hall–Kier alpha value is -3.31. The average molecular weight is 700 g/mol. The Bertz CT molecular complexity index is 1420. The van der Waals surface area contributed by atoms with Crippen molar-refractivity contribution < 1.29 is 19.7 Å². The van der Waals surface area contributed by atoms with E-state index in [0.717, 1.165) is 36.8 Å². The summed E-state index contributed by atoms with van der Waals surface area (Å²) in [6.07, 6.45) is 15.7. The van der Waals surface area contributed by atoms with E-state index >= 15 is 0 Å². The van der Waals surface area contributed by atoms with E-state index in [9.17, 15) is 10.2 Å². The van der Waals surface area contributed by atoms with Crippen molar-refractivity contribution in [1.82, 2.24) is 0 Å². The van der Waals surface area contributed by atoms with Crippen molar-refractivity contribution in [3.05, 3.63) is 88.5 Å². The van der Waals surface area contributed by atoms with Crippen molar-refractivity contribution in [1.29, 1.82) is 0 Å². The van der Waals surface area contributed by atoms with Gasteiger partial charge in [0.2, 0.25) is 0 Å². The lowest BCUT2D eigenvalue weighted by molar-refractivity contribution is 0.0519. The van der Waals surface area contributed by atoms with Gasteiger partial charge in [-0.3, -0.25) is 4.99 Å². The van der Waals surface area contributed by atoms with Gasteiger partial charge in [-0.1, -0.05) is 144 Å². The van der Waals surface area contributed by atoms with E-state index in [0.29, 0.717) is 41.4 Å². The fraction of sp³-hybridized carbons (Fsp3) is 0.587.